The van der Waals surface area contributed by atoms with Crippen LogP contribution >= 0.6 is 0 Å². The second-order valence-corrected chi connectivity index (χ2v) is 7.98. The highest BCUT2D eigenvalue weighted by molar-refractivity contribution is 7.89. The molecule has 0 aliphatic heterocycles. The summed E-state index contributed by atoms with van der Waals surface area (Å²) < 4.78 is 34.2. The zero-order chi connectivity index (χ0) is 15.0. The van der Waals surface area contributed by atoms with Crippen molar-refractivity contribution in [3.05, 3.63) is 35.0 Å². The predicted octanol–water partition coefficient (Wildman–Crippen LogP) is 2.38. The summed E-state index contributed by atoms with van der Waals surface area (Å²) in [6.07, 6.45) is 2.83. The van der Waals surface area contributed by atoms with Gasteiger partial charge in [0.05, 0.1) is 17.2 Å². The van der Waals surface area contributed by atoms with Crippen molar-refractivity contribution in [1.82, 2.24) is 10.3 Å². The molecule has 0 aliphatic carbocycles. The highest BCUT2D eigenvalue weighted by atomic mass is 32.2. The largest absolute Gasteiger partial charge is 0.364 e. The van der Waals surface area contributed by atoms with Crippen molar-refractivity contribution in [3.8, 4) is 0 Å². The molecule has 0 unspecified atom stereocenters. The Hall–Kier alpha value is -1.63. The van der Waals surface area contributed by atoms with Gasteiger partial charge in [0.1, 0.15) is 18.2 Å². The number of hydrogen-bond acceptors (Lipinski definition) is 6. The number of aromatic nitrogens is 2. The molecule has 0 aromatic carbocycles. The first-order chi connectivity index (χ1) is 9.19. The van der Waals surface area contributed by atoms with Crippen LogP contribution in [0.4, 0.5) is 0 Å². The molecule has 0 radical (unpaired) electrons. The molecule has 2 rings (SSSR count). The molecule has 2 heterocycles. The zero-order valence-corrected chi connectivity index (χ0v) is 12.8. The molecule has 0 bridgehead atoms. The van der Waals surface area contributed by atoms with E-state index in [9.17, 15) is 8.42 Å². The van der Waals surface area contributed by atoms with E-state index in [0.717, 1.165) is 5.56 Å². The highest BCUT2D eigenvalue weighted by Gasteiger charge is 2.26. The minimum atomic E-state index is -3.36. The summed E-state index contributed by atoms with van der Waals surface area (Å²) in [4.78, 5) is 0. The molecule has 0 aliphatic rings. The standard InChI is InChI=1S/C13H18N2O4S/c1-9-5-18-14-11(9)8-20(16,17)7-10-6-19-15-12(10)13(2,3)4/h5-6H,7-8H2,1-4H3. The normalized spacial score (nSPS) is 12.8. The number of aryl methyl sites for hydroxylation is 1. The summed E-state index contributed by atoms with van der Waals surface area (Å²) in [6, 6.07) is 0. The van der Waals surface area contributed by atoms with Gasteiger partial charge in [0.15, 0.2) is 9.84 Å². The molecule has 7 heteroatoms. The van der Waals surface area contributed by atoms with Crippen molar-refractivity contribution in [1.29, 1.82) is 0 Å². The van der Waals surface area contributed by atoms with Crippen molar-refractivity contribution in [2.24, 2.45) is 0 Å². The first-order valence-electron chi connectivity index (χ1n) is 6.23. The molecule has 0 atom stereocenters. The van der Waals surface area contributed by atoms with Crippen LogP contribution in [-0.2, 0) is 26.8 Å². The number of sulfone groups is 1. The first-order valence-corrected chi connectivity index (χ1v) is 8.05. The molecule has 0 spiro atoms. The monoisotopic (exact) mass is 298 g/mol. The van der Waals surface area contributed by atoms with Gasteiger partial charge >= 0.3 is 0 Å². The molecule has 6 nitrogen and oxygen atoms in total. The maximum atomic E-state index is 12.2. The van der Waals surface area contributed by atoms with Crippen LogP contribution in [0.2, 0.25) is 0 Å². The van der Waals surface area contributed by atoms with Crippen LogP contribution in [0, 0.1) is 6.92 Å². The van der Waals surface area contributed by atoms with Crippen molar-refractivity contribution < 1.29 is 17.5 Å². The lowest BCUT2D eigenvalue weighted by molar-refractivity contribution is 0.393. The predicted molar refractivity (Wildman–Crippen MR) is 72.8 cm³/mol. The van der Waals surface area contributed by atoms with Crippen LogP contribution in [0.15, 0.2) is 21.6 Å². The average molecular weight is 298 g/mol. The fourth-order valence-electron chi connectivity index (χ4n) is 1.92. The summed E-state index contributed by atoms with van der Waals surface area (Å²) >= 11 is 0. The smallest absolute Gasteiger partial charge is 0.160 e. The van der Waals surface area contributed by atoms with Gasteiger partial charge in [0.25, 0.3) is 0 Å². The minimum absolute atomic E-state index is 0.116. The first kappa shape index (κ1) is 14.8. The Bertz CT molecular complexity index is 692. The lowest BCUT2D eigenvalue weighted by Crippen LogP contribution is -2.17. The Labute approximate surface area is 118 Å². The van der Waals surface area contributed by atoms with Crippen LogP contribution in [0.1, 0.15) is 43.3 Å². The van der Waals surface area contributed by atoms with Gasteiger partial charge in [-0.3, -0.25) is 0 Å². The van der Waals surface area contributed by atoms with Crippen molar-refractivity contribution >= 4 is 9.84 Å². The van der Waals surface area contributed by atoms with E-state index in [-0.39, 0.29) is 16.9 Å². The molecule has 2 aromatic heterocycles. The molecule has 2 aromatic rings. The maximum absolute atomic E-state index is 12.2. The highest BCUT2D eigenvalue weighted by Crippen LogP contribution is 2.26. The van der Waals surface area contributed by atoms with E-state index in [1.807, 2.05) is 20.8 Å². The number of hydrogen-bond donors (Lipinski definition) is 0. The molecular formula is C13H18N2O4S. The van der Waals surface area contributed by atoms with Crippen LogP contribution < -0.4 is 0 Å². The van der Waals surface area contributed by atoms with Gasteiger partial charge in [-0.1, -0.05) is 31.1 Å². The molecule has 0 N–H and O–H groups in total. The summed E-state index contributed by atoms with van der Waals surface area (Å²) in [5.41, 5.74) is 2.17. The van der Waals surface area contributed by atoms with Crippen LogP contribution in [-0.4, -0.2) is 18.7 Å². The quantitative estimate of drug-likeness (QED) is 0.861. The van der Waals surface area contributed by atoms with Crippen LogP contribution in [0.25, 0.3) is 0 Å². The molecule has 110 valence electrons. The van der Waals surface area contributed by atoms with Crippen LogP contribution in [0.3, 0.4) is 0 Å². The van der Waals surface area contributed by atoms with E-state index in [1.54, 1.807) is 6.92 Å². The number of nitrogens with zero attached hydrogens (tertiary/aromatic N) is 2. The van der Waals surface area contributed by atoms with Gasteiger partial charge in [-0.15, -0.1) is 0 Å². The third kappa shape index (κ3) is 3.27. The lowest BCUT2D eigenvalue weighted by atomic mass is 9.90. The van der Waals surface area contributed by atoms with E-state index < -0.39 is 9.84 Å². The van der Waals surface area contributed by atoms with E-state index in [2.05, 4.69) is 10.3 Å². The fraction of sp³-hybridized carbons (Fsp3) is 0.538. The van der Waals surface area contributed by atoms with E-state index in [4.69, 9.17) is 9.05 Å². The van der Waals surface area contributed by atoms with Gasteiger partial charge in [0, 0.05) is 16.5 Å². The van der Waals surface area contributed by atoms with Gasteiger partial charge in [-0.2, -0.15) is 0 Å². The SMILES string of the molecule is Cc1conc1CS(=O)(=O)Cc1conc1C(C)(C)C. The summed E-state index contributed by atoms with van der Waals surface area (Å²) in [6.45, 7) is 7.65. The average Bonchev–Trinajstić information content (AvgIpc) is 2.87. The Kier molecular flexibility index (Phi) is 3.73. The van der Waals surface area contributed by atoms with Crippen molar-refractivity contribution in [2.75, 3.05) is 0 Å². The summed E-state index contributed by atoms with van der Waals surface area (Å²) in [5.74, 6) is -0.264. The Balaban J connectivity index is 2.22. The maximum Gasteiger partial charge on any atom is 0.160 e. The summed E-state index contributed by atoms with van der Waals surface area (Å²) in [5, 5.41) is 7.62. The molecule has 20 heavy (non-hydrogen) atoms. The Morgan fingerprint density at radius 3 is 2.30 bits per heavy atom. The van der Waals surface area contributed by atoms with Gasteiger partial charge in [-0.05, 0) is 6.92 Å². The Morgan fingerprint density at radius 1 is 1.10 bits per heavy atom. The second kappa shape index (κ2) is 5.05. The second-order valence-electron chi connectivity index (χ2n) is 5.91. The minimum Gasteiger partial charge on any atom is -0.364 e. The van der Waals surface area contributed by atoms with Crippen molar-refractivity contribution in [3.63, 3.8) is 0 Å². The number of rotatable bonds is 4. The zero-order valence-electron chi connectivity index (χ0n) is 12.0. The van der Waals surface area contributed by atoms with Crippen LogP contribution in [0.5, 0.6) is 0 Å². The fourth-order valence-corrected chi connectivity index (χ4v) is 3.40. The Morgan fingerprint density at radius 2 is 1.75 bits per heavy atom. The van der Waals surface area contributed by atoms with Crippen molar-refractivity contribution in [2.45, 2.75) is 44.6 Å². The summed E-state index contributed by atoms with van der Waals surface area (Å²) in [7, 11) is -3.36. The third-order valence-corrected chi connectivity index (χ3v) is 4.40. The van der Waals surface area contributed by atoms with E-state index in [0.29, 0.717) is 17.0 Å². The van der Waals surface area contributed by atoms with Gasteiger partial charge in [0.2, 0.25) is 0 Å². The van der Waals surface area contributed by atoms with E-state index in [1.165, 1.54) is 12.5 Å². The van der Waals surface area contributed by atoms with Gasteiger partial charge in [-0.25, -0.2) is 8.42 Å². The molecule has 0 saturated heterocycles. The topological polar surface area (TPSA) is 86.2 Å². The third-order valence-electron chi connectivity index (χ3n) is 2.93. The molecule has 0 saturated carbocycles. The lowest BCUT2D eigenvalue weighted by Gasteiger charge is -2.16. The molecule has 0 fully saturated rings. The van der Waals surface area contributed by atoms with Gasteiger partial charge < -0.3 is 9.05 Å². The molecular weight excluding hydrogens is 280 g/mol. The molecule has 0 amide bonds. The van der Waals surface area contributed by atoms with E-state index >= 15 is 0 Å².